The molecule has 0 radical (unpaired) electrons. The van der Waals surface area contributed by atoms with E-state index in [4.69, 9.17) is 14.0 Å². The Morgan fingerprint density at radius 2 is 2.12 bits per heavy atom. The van der Waals surface area contributed by atoms with E-state index in [1.807, 2.05) is 6.92 Å². The van der Waals surface area contributed by atoms with Crippen molar-refractivity contribution in [1.82, 2.24) is 14.4 Å². The summed E-state index contributed by atoms with van der Waals surface area (Å²) in [5.74, 6) is 0.878. The summed E-state index contributed by atoms with van der Waals surface area (Å²) in [4.78, 5) is 4.14. The molecule has 1 aromatic rings. The lowest BCUT2D eigenvalue weighted by molar-refractivity contribution is -0.00891. The summed E-state index contributed by atoms with van der Waals surface area (Å²) >= 11 is 0. The number of rotatable bonds is 7. The smallest absolute Gasteiger partial charge is 0.223 e. The van der Waals surface area contributed by atoms with E-state index in [0.717, 1.165) is 12.8 Å². The zero-order valence-electron chi connectivity index (χ0n) is 14.9. The first-order chi connectivity index (χ1) is 11.9. The van der Waals surface area contributed by atoms with Crippen LogP contribution in [-0.4, -0.2) is 61.0 Å². The zero-order valence-corrected chi connectivity index (χ0v) is 15.7. The van der Waals surface area contributed by atoms with Crippen molar-refractivity contribution < 1.29 is 22.4 Å². The lowest BCUT2D eigenvalue weighted by Crippen LogP contribution is -2.44. The van der Waals surface area contributed by atoms with Gasteiger partial charge in [0.25, 0.3) is 0 Å². The molecule has 0 spiro atoms. The van der Waals surface area contributed by atoms with E-state index in [1.165, 1.54) is 17.1 Å². The Kier molecular flexibility index (Phi) is 6.08. The second-order valence-electron chi connectivity index (χ2n) is 7.01. The van der Waals surface area contributed by atoms with Crippen LogP contribution in [0.3, 0.4) is 0 Å². The van der Waals surface area contributed by atoms with Crippen LogP contribution < -0.4 is 0 Å². The summed E-state index contributed by atoms with van der Waals surface area (Å²) in [7, 11) is -3.38. The van der Waals surface area contributed by atoms with Crippen molar-refractivity contribution in [2.75, 3.05) is 32.1 Å². The number of sulfonamides is 1. The highest BCUT2D eigenvalue weighted by atomic mass is 32.2. The molecule has 142 valence electrons. The van der Waals surface area contributed by atoms with Crippen molar-refractivity contribution in [2.45, 2.75) is 51.7 Å². The molecule has 0 N–H and O–H groups in total. The molecule has 2 fully saturated rings. The molecule has 9 heteroatoms. The monoisotopic (exact) mass is 373 g/mol. The fraction of sp³-hybridized carbons (Fsp3) is 0.875. The molecule has 1 saturated carbocycles. The van der Waals surface area contributed by atoms with Gasteiger partial charge in [0.05, 0.1) is 25.1 Å². The first-order valence-electron chi connectivity index (χ1n) is 8.95. The Balaban J connectivity index is 1.53. The van der Waals surface area contributed by atoms with Gasteiger partial charge in [-0.05, 0) is 18.8 Å². The molecule has 1 aliphatic carbocycles. The summed E-state index contributed by atoms with van der Waals surface area (Å²) in [6.07, 6.45) is 4.43. The van der Waals surface area contributed by atoms with Crippen molar-refractivity contribution in [3.8, 4) is 0 Å². The maximum Gasteiger partial charge on any atom is 0.223 e. The third kappa shape index (κ3) is 4.99. The predicted octanol–water partition coefficient (Wildman–Crippen LogP) is 1.68. The van der Waals surface area contributed by atoms with Gasteiger partial charge in [0.1, 0.15) is 6.10 Å². The number of hydrogen-bond acceptors (Lipinski definition) is 7. The van der Waals surface area contributed by atoms with Crippen molar-refractivity contribution in [3.63, 3.8) is 0 Å². The van der Waals surface area contributed by atoms with Gasteiger partial charge in [0.2, 0.25) is 21.7 Å². The summed E-state index contributed by atoms with van der Waals surface area (Å²) in [6, 6.07) is 0. The summed E-state index contributed by atoms with van der Waals surface area (Å²) in [6.45, 7) is 5.00. The van der Waals surface area contributed by atoms with Crippen molar-refractivity contribution >= 4 is 10.0 Å². The summed E-state index contributed by atoms with van der Waals surface area (Å²) in [5, 5.41) is 3.84. The van der Waals surface area contributed by atoms with Crippen LogP contribution in [0.2, 0.25) is 0 Å². The van der Waals surface area contributed by atoms with Crippen LogP contribution in [0.25, 0.3) is 0 Å². The Morgan fingerprint density at radius 3 is 2.80 bits per heavy atom. The lowest BCUT2D eigenvalue weighted by atomic mass is 10.2. The van der Waals surface area contributed by atoms with Gasteiger partial charge in [0, 0.05) is 20.0 Å². The number of morpholine rings is 1. The van der Waals surface area contributed by atoms with E-state index in [2.05, 4.69) is 10.1 Å². The van der Waals surface area contributed by atoms with E-state index in [0.29, 0.717) is 37.6 Å². The number of aryl methyl sites for hydroxylation is 1. The first kappa shape index (κ1) is 18.8. The number of hydrogen-bond donors (Lipinski definition) is 0. The predicted molar refractivity (Wildman–Crippen MR) is 90.5 cm³/mol. The Bertz CT molecular complexity index is 656. The normalized spacial score (nSPS) is 24.6. The lowest BCUT2D eigenvalue weighted by Gasteiger charge is -2.31. The number of nitrogens with zero attached hydrogens (tertiary/aromatic N) is 3. The Hall–Kier alpha value is -1.03. The topological polar surface area (TPSA) is 94.8 Å². The second kappa shape index (κ2) is 8.11. The molecular formula is C16H27N3O5S. The van der Waals surface area contributed by atoms with Crippen LogP contribution >= 0.6 is 0 Å². The maximum atomic E-state index is 12.7. The number of ether oxygens (including phenoxy) is 2. The number of aromatic nitrogens is 2. The molecule has 1 aliphatic heterocycles. The van der Waals surface area contributed by atoms with Gasteiger partial charge in [-0.2, -0.15) is 9.29 Å². The highest BCUT2D eigenvalue weighted by Crippen LogP contribution is 2.24. The average molecular weight is 373 g/mol. The summed E-state index contributed by atoms with van der Waals surface area (Å²) in [5.41, 5.74) is 0. The zero-order chi connectivity index (χ0) is 17.9. The van der Waals surface area contributed by atoms with Crippen LogP contribution in [0.5, 0.6) is 0 Å². The molecular weight excluding hydrogens is 346 g/mol. The van der Waals surface area contributed by atoms with Gasteiger partial charge < -0.3 is 14.0 Å². The van der Waals surface area contributed by atoms with Gasteiger partial charge in [0.15, 0.2) is 0 Å². The van der Waals surface area contributed by atoms with Crippen molar-refractivity contribution in [1.29, 1.82) is 0 Å². The summed E-state index contributed by atoms with van der Waals surface area (Å²) < 4.78 is 43.3. The standard InChI is InChI=1S/C16H27N3O5S/c1-12(10-23-14-5-3-4-6-14)11-25(20,21)19-7-8-22-15(9-19)16-17-13(2)24-18-16/h12,14-15H,3-11H2,1-2H3. The second-order valence-corrected chi connectivity index (χ2v) is 9.03. The van der Waals surface area contributed by atoms with Crippen molar-refractivity contribution in [2.24, 2.45) is 5.92 Å². The van der Waals surface area contributed by atoms with E-state index in [9.17, 15) is 8.42 Å². The van der Waals surface area contributed by atoms with Crippen LogP contribution in [-0.2, 0) is 19.5 Å². The molecule has 2 aliphatic rings. The minimum absolute atomic E-state index is 0.0423. The minimum atomic E-state index is -3.38. The highest BCUT2D eigenvalue weighted by Gasteiger charge is 2.33. The first-order valence-corrected chi connectivity index (χ1v) is 10.6. The minimum Gasteiger partial charge on any atom is -0.378 e. The van der Waals surface area contributed by atoms with E-state index in [-0.39, 0.29) is 18.2 Å². The molecule has 1 aromatic heterocycles. The largest absolute Gasteiger partial charge is 0.378 e. The van der Waals surface area contributed by atoms with E-state index >= 15 is 0 Å². The molecule has 0 aromatic carbocycles. The molecule has 1 saturated heterocycles. The molecule has 8 nitrogen and oxygen atoms in total. The molecule has 0 bridgehead atoms. The third-order valence-corrected chi connectivity index (χ3v) is 6.78. The third-order valence-electron chi connectivity index (χ3n) is 4.67. The fourth-order valence-corrected chi connectivity index (χ4v) is 5.09. The molecule has 0 amide bonds. The van der Waals surface area contributed by atoms with Gasteiger partial charge in [-0.3, -0.25) is 0 Å². The van der Waals surface area contributed by atoms with Gasteiger partial charge >= 0.3 is 0 Å². The van der Waals surface area contributed by atoms with Crippen LogP contribution in [0.15, 0.2) is 4.52 Å². The van der Waals surface area contributed by atoms with Crippen molar-refractivity contribution in [3.05, 3.63) is 11.7 Å². The van der Waals surface area contributed by atoms with Gasteiger partial charge in [-0.15, -0.1) is 0 Å². The van der Waals surface area contributed by atoms with Crippen LogP contribution in [0, 0.1) is 12.8 Å². The van der Waals surface area contributed by atoms with Gasteiger partial charge in [-0.1, -0.05) is 24.9 Å². The molecule has 2 atom stereocenters. The SMILES string of the molecule is Cc1nc(C2CN(S(=O)(=O)CC(C)COC3CCCC3)CCO2)no1. The Morgan fingerprint density at radius 1 is 1.36 bits per heavy atom. The molecule has 3 rings (SSSR count). The molecule has 2 unspecified atom stereocenters. The van der Waals surface area contributed by atoms with Gasteiger partial charge in [-0.25, -0.2) is 8.42 Å². The Labute approximate surface area is 148 Å². The van der Waals surface area contributed by atoms with Crippen LogP contribution in [0.1, 0.15) is 50.4 Å². The van der Waals surface area contributed by atoms with E-state index in [1.54, 1.807) is 6.92 Å². The maximum absolute atomic E-state index is 12.7. The average Bonchev–Trinajstić information content (AvgIpc) is 3.24. The quantitative estimate of drug-likeness (QED) is 0.717. The highest BCUT2D eigenvalue weighted by molar-refractivity contribution is 7.89. The molecule has 25 heavy (non-hydrogen) atoms. The fourth-order valence-electron chi connectivity index (χ4n) is 3.35. The van der Waals surface area contributed by atoms with E-state index < -0.39 is 16.1 Å². The van der Waals surface area contributed by atoms with Crippen LogP contribution in [0.4, 0.5) is 0 Å². The molecule has 2 heterocycles.